The summed E-state index contributed by atoms with van der Waals surface area (Å²) in [4.78, 5) is 12.7. The standard InChI is InChI=1S/C19H20ClNO2/c1-3-13-6-4-5-12(2)18(13)21-19(22)15-9-14-10-16(20)7-8-17(14)23-11-15/h4-8,10,15H,3,9,11H2,1-2H3,(H,21,22)/t15-/m1/s1. The molecular formula is C19H20ClNO2. The van der Waals surface area contributed by atoms with Gasteiger partial charge in [-0.05, 0) is 54.7 Å². The van der Waals surface area contributed by atoms with E-state index in [4.69, 9.17) is 16.3 Å². The van der Waals surface area contributed by atoms with Crippen molar-refractivity contribution in [3.63, 3.8) is 0 Å². The highest BCUT2D eigenvalue weighted by molar-refractivity contribution is 6.30. The van der Waals surface area contributed by atoms with E-state index in [0.29, 0.717) is 18.1 Å². The monoisotopic (exact) mass is 329 g/mol. The number of para-hydroxylation sites is 1. The van der Waals surface area contributed by atoms with Gasteiger partial charge in [0.2, 0.25) is 5.91 Å². The lowest BCUT2D eigenvalue weighted by Crippen LogP contribution is -2.33. The van der Waals surface area contributed by atoms with Crippen molar-refractivity contribution in [3.8, 4) is 5.75 Å². The van der Waals surface area contributed by atoms with Gasteiger partial charge in [-0.2, -0.15) is 0 Å². The number of anilines is 1. The molecule has 1 atom stereocenters. The largest absolute Gasteiger partial charge is 0.492 e. The highest BCUT2D eigenvalue weighted by atomic mass is 35.5. The quantitative estimate of drug-likeness (QED) is 0.906. The lowest BCUT2D eigenvalue weighted by Gasteiger charge is -2.25. The maximum atomic E-state index is 12.7. The van der Waals surface area contributed by atoms with E-state index in [0.717, 1.165) is 34.5 Å². The summed E-state index contributed by atoms with van der Waals surface area (Å²) in [6, 6.07) is 11.6. The summed E-state index contributed by atoms with van der Waals surface area (Å²) in [5, 5.41) is 3.76. The number of rotatable bonds is 3. The van der Waals surface area contributed by atoms with Crippen LogP contribution in [0.4, 0.5) is 5.69 Å². The first-order chi connectivity index (χ1) is 11.1. The van der Waals surface area contributed by atoms with E-state index in [2.05, 4.69) is 18.3 Å². The summed E-state index contributed by atoms with van der Waals surface area (Å²) < 4.78 is 5.72. The van der Waals surface area contributed by atoms with Crippen LogP contribution in [0.2, 0.25) is 5.02 Å². The summed E-state index contributed by atoms with van der Waals surface area (Å²) in [6.45, 7) is 4.50. The number of halogens is 1. The second kappa shape index (κ2) is 6.63. The molecule has 1 heterocycles. The van der Waals surface area contributed by atoms with Crippen molar-refractivity contribution in [2.45, 2.75) is 26.7 Å². The lowest BCUT2D eigenvalue weighted by molar-refractivity contribution is -0.121. The van der Waals surface area contributed by atoms with Crippen molar-refractivity contribution >= 4 is 23.2 Å². The fraction of sp³-hybridized carbons (Fsp3) is 0.316. The molecule has 1 aliphatic rings. The Kier molecular flexibility index (Phi) is 4.58. The number of aryl methyl sites for hydroxylation is 2. The number of carbonyl (C=O) groups excluding carboxylic acids is 1. The van der Waals surface area contributed by atoms with Crippen molar-refractivity contribution in [1.82, 2.24) is 0 Å². The average molecular weight is 330 g/mol. The molecule has 2 aromatic carbocycles. The molecule has 0 aromatic heterocycles. The van der Waals surface area contributed by atoms with Gasteiger partial charge in [0, 0.05) is 10.7 Å². The van der Waals surface area contributed by atoms with Crippen LogP contribution in [0.3, 0.4) is 0 Å². The van der Waals surface area contributed by atoms with E-state index in [1.807, 2.05) is 37.3 Å². The third kappa shape index (κ3) is 3.35. The summed E-state index contributed by atoms with van der Waals surface area (Å²) in [7, 11) is 0. The number of carbonyl (C=O) groups is 1. The Balaban J connectivity index is 1.78. The molecule has 0 fully saturated rings. The maximum absolute atomic E-state index is 12.7. The van der Waals surface area contributed by atoms with Crippen molar-refractivity contribution in [1.29, 1.82) is 0 Å². The maximum Gasteiger partial charge on any atom is 0.231 e. The van der Waals surface area contributed by atoms with Crippen LogP contribution in [0.5, 0.6) is 5.75 Å². The van der Waals surface area contributed by atoms with Gasteiger partial charge in [0.1, 0.15) is 12.4 Å². The molecule has 4 heteroatoms. The Hall–Kier alpha value is -2.00. The van der Waals surface area contributed by atoms with E-state index in [-0.39, 0.29) is 11.8 Å². The summed E-state index contributed by atoms with van der Waals surface area (Å²) in [5.74, 6) is 0.619. The van der Waals surface area contributed by atoms with Gasteiger partial charge in [-0.1, -0.05) is 36.7 Å². The fourth-order valence-electron chi connectivity index (χ4n) is 2.96. The highest BCUT2D eigenvalue weighted by Gasteiger charge is 2.26. The second-order valence-electron chi connectivity index (χ2n) is 5.92. The van der Waals surface area contributed by atoms with Crippen LogP contribution in [-0.4, -0.2) is 12.5 Å². The minimum atomic E-state index is -0.203. The molecule has 0 unspecified atom stereocenters. The van der Waals surface area contributed by atoms with Gasteiger partial charge >= 0.3 is 0 Å². The first-order valence-corrected chi connectivity index (χ1v) is 8.27. The smallest absolute Gasteiger partial charge is 0.231 e. The average Bonchev–Trinajstić information content (AvgIpc) is 2.55. The third-order valence-electron chi connectivity index (χ3n) is 4.29. The molecule has 2 aromatic rings. The summed E-state index contributed by atoms with van der Waals surface area (Å²) >= 11 is 6.04. The molecule has 0 saturated heterocycles. The molecule has 1 aliphatic heterocycles. The van der Waals surface area contributed by atoms with Gasteiger partial charge in [-0.3, -0.25) is 4.79 Å². The first kappa shape index (κ1) is 15.9. The van der Waals surface area contributed by atoms with Gasteiger partial charge in [0.25, 0.3) is 0 Å². The highest BCUT2D eigenvalue weighted by Crippen LogP contribution is 2.31. The summed E-state index contributed by atoms with van der Waals surface area (Å²) in [5.41, 5.74) is 4.15. The van der Waals surface area contributed by atoms with Crippen LogP contribution >= 0.6 is 11.6 Å². The van der Waals surface area contributed by atoms with Crippen LogP contribution in [0.25, 0.3) is 0 Å². The molecule has 0 radical (unpaired) electrons. The molecule has 0 aliphatic carbocycles. The zero-order chi connectivity index (χ0) is 16.4. The Labute approximate surface area is 141 Å². The zero-order valence-electron chi connectivity index (χ0n) is 13.4. The van der Waals surface area contributed by atoms with Crippen LogP contribution in [0, 0.1) is 12.8 Å². The van der Waals surface area contributed by atoms with E-state index in [1.54, 1.807) is 0 Å². The molecule has 3 nitrogen and oxygen atoms in total. The van der Waals surface area contributed by atoms with Gasteiger partial charge in [0.05, 0.1) is 5.92 Å². The number of hydrogen-bond donors (Lipinski definition) is 1. The number of nitrogens with one attached hydrogen (secondary N) is 1. The van der Waals surface area contributed by atoms with Crippen molar-refractivity contribution in [2.75, 3.05) is 11.9 Å². The van der Waals surface area contributed by atoms with E-state index >= 15 is 0 Å². The van der Waals surface area contributed by atoms with E-state index in [9.17, 15) is 4.79 Å². The number of hydrogen-bond acceptors (Lipinski definition) is 2. The molecule has 23 heavy (non-hydrogen) atoms. The molecule has 0 bridgehead atoms. The number of ether oxygens (including phenoxy) is 1. The van der Waals surface area contributed by atoms with E-state index in [1.165, 1.54) is 0 Å². The van der Waals surface area contributed by atoms with Gasteiger partial charge < -0.3 is 10.1 Å². The first-order valence-electron chi connectivity index (χ1n) is 7.89. The predicted octanol–water partition coefficient (Wildman–Crippen LogP) is 4.40. The van der Waals surface area contributed by atoms with Crippen molar-refractivity contribution in [2.24, 2.45) is 5.92 Å². The van der Waals surface area contributed by atoms with Crippen LogP contribution < -0.4 is 10.1 Å². The van der Waals surface area contributed by atoms with Gasteiger partial charge in [-0.15, -0.1) is 0 Å². The fourth-order valence-corrected chi connectivity index (χ4v) is 3.15. The molecule has 3 rings (SSSR count). The number of amides is 1. The molecule has 1 amide bonds. The second-order valence-corrected chi connectivity index (χ2v) is 6.35. The van der Waals surface area contributed by atoms with Crippen LogP contribution in [-0.2, 0) is 17.6 Å². The topological polar surface area (TPSA) is 38.3 Å². The lowest BCUT2D eigenvalue weighted by atomic mass is 9.95. The van der Waals surface area contributed by atoms with Crippen molar-refractivity contribution in [3.05, 3.63) is 58.1 Å². The Bertz CT molecular complexity index is 742. The van der Waals surface area contributed by atoms with Crippen LogP contribution in [0.15, 0.2) is 36.4 Å². The molecule has 0 spiro atoms. The number of benzene rings is 2. The Morgan fingerprint density at radius 1 is 1.35 bits per heavy atom. The molecular weight excluding hydrogens is 310 g/mol. The third-order valence-corrected chi connectivity index (χ3v) is 4.52. The zero-order valence-corrected chi connectivity index (χ0v) is 14.1. The Morgan fingerprint density at radius 2 is 2.17 bits per heavy atom. The molecule has 120 valence electrons. The van der Waals surface area contributed by atoms with Gasteiger partial charge in [-0.25, -0.2) is 0 Å². The molecule has 1 N–H and O–H groups in total. The molecule has 0 saturated carbocycles. The minimum Gasteiger partial charge on any atom is -0.492 e. The predicted molar refractivity (Wildman–Crippen MR) is 93.3 cm³/mol. The van der Waals surface area contributed by atoms with Gasteiger partial charge in [0.15, 0.2) is 0 Å². The minimum absolute atomic E-state index is 0.000347. The van der Waals surface area contributed by atoms with Crippen molar-refractivity contribution < 1.29 is 9.53 Å². The normalized spacial score (nSPS) is 16.4. The van der Waals surface area contributed by atoms with Crippen LogP contribution in [0.1, 0.15) is 23.6 Å². The SMILES string of the molecule is CCc1cccc(C)c1NC(=O)[C@H]1COc2ccc(Cl)cc2C1. The Morgan fingerprint density at radius 3 is 2.96 bits per heavy atom. The number of fused-ring (bicyclic) bond motifs is 1. The van der Waals surface area contributed by atoms with E-state index < -0.39 is 0 Å². The summed E-state index contributed by atoms with van der Waals surface area (Å²) in [6.07, 6.45) is 1.53.